The molecule has 7 heteroatoms. The molecule has 2 unspecified atom stereocenters. The fourth-order valence-electron chi connectivity index (χ4n) is 2.10. The second-order valence-electron chi connectivity index (χ2n) is 4.54. The molecule has 1 saturated heterocycles. The fraction of sp³-hybridized carbons (Fsp3) is 0.385. The van der Waals surface area contributed by atoms with Crippen molar-refractivity contribution in [1.29, 1.82) is 0 Å². The van der Waals surface area contributed by atoms with Crippen LogP contribution in [0, 0.1) is 5.82 Å². The van der Waals surface area contributed by atoms with E-state index in [0.717, 1.165) is 12.1 Å². The van der Waals surface area contributed by atoms with Gasteiger partial charge in [-0.15, -0.1) is 0 Å². The molecule has 2 atom stereocenters. The molecule has 1 fully saturated rings. The second kappa shape index (κ2) is 5.98. The highest BCUT2D eigenvalue weighted by atomic mass is 19.1. The van der Waals surface area contributed by atoms with Crippen LogP contribution >= 0.6 is 0 Å². The Balaban J connectivity index is 2.10. The number of carboxylic acid groups (broad SMARTS) is 1. The Morgan fingerprint density at radius 2 is 2.25 bits per heavy atom. The Hall–Kier alpha value is -1.99. The number of carbonyl (C=O) groups excluding carboxylic acids is 1. The lowest BCUT2D eigenvalue weighted by atomic mass is 10.1. The summed E-state index contributed by atoms with van der Waals surface area (Å²) in [5.74, 6) is -2.33. The molecule has 1 amide bonds. The van der Waals surface area contributed by atoms with Crippen LogP contribution in [0.4, 0.5) is 10.1 Å². The zero-order valence-electron chi connectivity index (χ0n) is 10.9. The molecule has 1 aliphatic heterocycles. The number of aromatic carboxylic acids is 1. The molecule has 2 rings (SSSR count). The lowest BCUT2D eigenvalue weighted by molar-refractivity contribution is -0.118. The molecule has 6 nitrogen and oxygen atoms in total. The van der Waals surface area contributed by atoms with Crippen molar-refractivity contribution in [2.75, 3.05) is 19.0 Å². The van der Waals surface area contributed by atoms with Gasteiger partial charge < -0.3 is 20.5 Å². The van der Waals surface area contributed by atoms with Crippen LogP contribution in [0.3, 0.4) is 0 Å². The molecule has 1 heterocycles. The summed E-state index contributed by atoms with van der Waals surface area (Å²) in [7, 11) is 1.56. The third kappa shape index (κ3) is 3.12. The van der Waals surface area contributed by atoms with Crippen molar-refractivity contribution in [2.24, 2.45) is 0 Å². The second-order valence-corrected chi connectivity index (χ2v) is 4.54. The predicted octanol–water partition coefficient (Wildman–Crippen LogP) is 0.839. The largest absolute Gasteiger partial charge is 0.478 e. The molecule has 0 aliphatic carbocycles. The van der Waals surface area contributed by atoms with Crippen molar-refractivity contribution >= 4 is 17.6 Å². The van der Waals surface area contributed by atoms with Gasteiger partial charge in [0.1, 0.15) is 5.82 Å². The average Bonchev–Trinajstić information content (AvgIpc) is 2.89. The highest BCUT2D eigenvalue weighted by Crippen LogP contribution is 2.19. The Morgan fingerprint density at radius 3 is 2.85 bits per heavy atom. The summed E-state index contributed by atoms with van der Waals surface area (Å²) in [6, 6.07) is 2.76. The number of hydrogen-bond acceptors (Lipinski definition) is 4. The summed E-state index contributed by atoms with van der Waals surface area (Å²) in [5.41, 5.74) is -0.203. The number of rotatable bonds is 4. The lowest BCUT2D eigenvalue weighted by Gasteiger charge is -2.13. The minimum absolute atomic E-state index is 0.0436. The number of methoxy groups -OCH3 is 1. The first-order chi connectivity index (χ1) is 9.51. The van der Waals surface area contributed by atoms with Gasteiger partial charge in [-0.3, -0.25) is 4.79 Å². The predicted molar refractivity (Wildman–Crippen MR) is 69.2 cm³/mol. The van der Waals surface area contributed by atoms with Gasteiger partial charge in [0, 0.05) is 13.7 Å². The Labute approximate surface area is 114 Å². The topological polar surface area (TPSA) is 87.7 Å². The quantitative estimate of drug-likeness (QED) is 0.761. The summed E-state index contributed by atoms with van der Waals surface area (Å²) in [6.07, 6.45) is 0.462. The molecule has 20 heavy (non-hydrogen) atoms. The van der Waals surface area contributed by atoms with E-state index in [-0.39, 0.29) is 23.3 Å². The van der Waals surface area contributed by atoms with Crippen LogP contribution in [-0.4, -0.2) is 42.8 Å². The van der Waals surface area contributed by atoms with Gasteiger partial charge in [0.25, 0.3) is 0 Å². The molecule has 0 radical (unpaired) electrons. The molecular weight excluding hydrogens is 267 g/mol. The number of halogens is 1. The maximum atomic E-state index is 13.0. The maximum Gasteiger partial charge on any atom is 0.337 e. The van der Waals surface area contributed by atoms with Gasteiger partial charge in [0.15, 0.2) is 0 Å². The summed E-state index contributed by atoms with van der Waals surface area (Å²) in [5, 5.41) is 14.5. The Kier molecular flexibility index (Phi) is 4.31. The van der Waals surface area contributed by atoms with Crippen LogP contribution in [0.1, 0.15) is 16.8 Å². The smallest absolute Gasteiger partial charge is 0.337 e. The van der Waals surface area contributed by atoms with Crippen molar-refractivity contribution in [3.05, 3.63) is 29.6 Å². The SMILES string of the molecule is COC1CNC(C(=O)Nc2ccc(F)cc2C(=O)O)C1. The van der Waals surface area contributed by atoms with Crippen LogP contribution in [0.5, 0.6) is 0 Å². The number of nitrogens with one attached hydrogen (secondary N) is 2. The lowest BCUT2D eigenvalue weighted by Crippen LogP contribution is -2.35. The molecule has 0 bridgehead atoms. The number of carbonyl (C=O) groups is 2. The molecule has 1 aromatic rings. The zero-order valence-corrected chi connectivity index (χ0v) is 10.9. The molecule has 0 spiro atoms. The monoisotopic (exact) mass is 282 g/mol. The zero-order chi connectivity index (χ0) is 14.7. The van der Waals surface area contributed by atoms with Crippen LogP contribution in [-0.2, 0) is 9.53 Å². The summed E-state index contributed by atoms with van der Waals surface area (Å²) < 4.78 is 18.2. The minimum Gasteiger partial charge on any atom is -0.478 e. The summed E-state index contributed by atoms with van der Waals surface area (Å²) in [6.45, 7) is 0.559. The van der Waals surface area contributed by atoms with Gasteiger partial charge in [0.05, 0.1) is 23.4 Å². The van der Waals surface area contributed by atoms with Gasteiger partial charge in [-0.25, -0.2) is 9.18 Å². The Morgan fingerprint density at radius 1 is 1.50 bits per heavy atom. The van der Waals surface area contributed by atoms with E-state index in [4.69, 9.17) is 9.84 Å². The summed E-state index contributed by atoms with van der Waals surface area (Å²) in [4.78, 5) is 23.0. The highest BCUT2D eigenvalue weighted by molar-refractivity contribution is 6.02. The number of ether oxygens (including phenoxy) is 1. The number of benzene rings is 1. The van der Waals surface area contributed by atoms with E-state index in [9.17, 15) is 14.0 Å². The minimum atomic E-state index is -1.30. The van der Waals surface area contributed by atoms with Gasteiger partial charge in [-0.05, 0) is 24.6 Å². The standard InChI is InChI=1S/C13H15FN2O4/c1-20-8-5-11(15-6-8)12(17)16-10-3-2-7(14)4-9(10)13(18)19/h2-4,8,11,15H,5-6H2,1H3,(H,16,17)(H,18,19). The average molecular weight is 282 g/mol. The molecule has 0 aromatic heterocycles. The normalized spacial score (nSPS) is 21.7. The molecule has 3 N–H and O–H groups in total. The third-order valence-electron chi connectivity index (χ3n) is 3.21. The first-order valence-electron chi connectivity index (χ1n) is 6.11. The van der Waals surface area contributed by atoms with Crippen LogP contribution in [0.25, 0.3) is 0 Å². The molecule has 0 saturated carbocycles. The van der Waals surface area contributed by atoms with Crippen LogP contribution in [0.2, 0.25) is 0 Å². The van der Waals surface area contributed by atoms with Gasteiger partial charge >= 0.3 is 5.97 Å². The van der Waals surface area contributed by atoms with E-state index >= 15 is 0 Å². The van der Waals surface area contributed by atoms with E-state index < -0.39 is 17.8 Å². The summed E-state index contributed by atoms with van der Waals surface area (Å²) >= 11 is 0. The third-order valence-corrected chi connectivity index (χ3v) is 3.21. The van der Waals surface area contributed by atoms with E-state index in [1.807, 2.05) is 0 Å². The van der Waals surface area contributed by atoms with Gasteiger partial charge in [0.2, 0.25) is 5.91 Å². The Bertz CT molecular complexity index is 535. The number of amides is 1. The van der Waals surface area contributed by atoms with E-state index in [2.05, 4.69) is 10.6 Å². The van der Waals surface area contributed by atoms with Crippen molar-refractivity contribution in [2.45, 2.75) is 18.6 Å². The number of anilines is 1. The highest BCUT2D eigenvalue weighted by Gasteiger charge is 2.29. The van der Waals surface area contributed by atoms with Crippen LogP contribution in [0.15, 0.2) is 18.2 Å². The first kappa shape index (κ1) is 14.4. The fourth-order valence-corrected chi connectivity index (χ4v) is 2.10. The van der Waals surface area contributed by atoms with Gasteiger partial charge in [-0.2, -0.15) is 0 Å². The first-order valence-corrected chi connectivity index (χ1v) is 6.11. The van der Waals surface area contributed by atoms with E-state index in [0.29, 0.717) is 13.0 Å². The van der Waals surface area contributed by atoms with Crippen molar-refractivity contribution in [3.8, 4) is 0 Å². The molecule has 108 valence electrons. The van der Waals surface area contributed by atoms with Crippen LogP contribution < -0.4 is 10.6 Å². The number of hydrogen-bond donors (Lipinski definition) is 3. The maximum absolute atomic E-state index is 13.0. The molecule has 1 aliphatic rings. The van der Waals surface area contributed by atoms with Gasteiger partial charge in [-0.1, -0.05) is 0 Å². The van der Waals surface area contributed by atoms with Crippen molar-refractivity contribution in [1.82, 2.24) is 5.32 Å². The number of carboxylic acids is 1. The van der Waals surface area contributed by atoms with Crippen molar-refractivity contribution in [3.63, 3.8) is 0 Å². The van der Waals surface area contributed by atoms with E-state index in [1.165, 1.54) is 6.07 Å². The van der Waals surface area contributed by atoms with E-state index in [1.54, 1.807) is 7.11 Å². The van der Waals surface area contributed by atoms with Crippen molar-refractivity contribution < 1.29 is 23.8 Å². The molecular formula is C13H15FN2O4. The molecule has 1 aromatic carbocycles.